The van der Waals surface area contributed by atoms with Gasteiger partial charge in [0.1, 0.15) is 6.00 Å². The minimum atomic E-state index is 0.413. The Bertz CT molecular complexity index is 93.3. The van der Waals surface area contributed by atoms with Crippen LogP contribution in [0.25, 0.3) is 0 Å². The molecule has 0 bridgehead atoms. The Labute approximate surface area is 53.3 Å². The van der Waals surface area contributed by atoms with E-state index in [1.807, 2.05) is 6.21 Å². The van der Waals surface area contributed by atoms with Crippen LogP contribution in [0.1, 0.15) is 6.42 Å². The molecule has 0 unspecified atom stereocenters. The predicted molar refractivity (Wildman–Crippen MR) is 33.7 cm³/mol. The molecule has 1 N–H and O–H groups in total. The van der Waals surface area contributed by atoms with E-state index in [0.29, 0.717) is 6.00 Å². The lowest BCUT2D eigenvalue weighted by molar-refractivity contribution is 0.226. The summed E-state index contributed by atoms with van der Waals surface area (Å²) < 4.78 is 0. The maximum Gasteiger partial charge on any atom is 0.127 e. The highest BCUT2D eigenvalue weighted by molar-refractivity contribution is 6.17. The maximum atomic E-state index is 5.43. The second kappa shape index (κ2) is 2.89. The molecule has 0 radical (unpaired) electrons. The van der Waals surface area contributed by atoms with Crippen molar-refractivity contribution < 1.29 is 0 Å². The molecule has 0 aliphatic carbocycles. The molecular formula is C4H8ClN3. The number of hydrogen-bond donors (Lipinski definition) is 1. The van der Waals surface area contributed by atoms with Crippen LogP contribution in [-0.2, 0) is 0 Å². The molecule has 0 aromatic rings. The van der Waals surface area contributed by atoms with Crippen molar-refractivity contribution in [2.45, 2.75) is 6.42 Å². The zero-order valence-corrected chi connectivity index (χ0v) is 5.23. The van der Waals surface area contributed by atoms with Crippen molar-refractivity contribution in [3.63, 3.8) is 0 Å². The van der Waals surface area contributed by atoms with E-state index in [2.05, 4.69) is 10.5 Å². The van der Waals surface area contributed by atoms with Crippen LogP contribution >= 0.6 is 11.6 Å². The van der Waals surface area contributed by atoms with Gasteiger partial charge in [0.05, 0.1) is 0 Å². The van der Waals surface area contributed by atoms with Crippen molar-refractivity contribution in [2.75, 3.05) is 12.5 Å². The second-order valence-corrected chi connectivity index (χ2v) is 1.75. The number of hydrogen-bond acceptors (Lipinski definition) is 3. The van der Waals surface area contributed by atoms with Crippen LogP contribution < -0.4 is 5.43 Å². The smallest absolute Gasteiger partial charge is 0.127 e. The summed E-state index contributed by atoms with van der Waals surface area (Å²) in [6.45, 7) is 0.941. The van der Waals surface area contributed by atoms with E-state index in [4.69, 9.17) is 11.6 Å². The van der Waals surface area contributed by atoms with E-state index in [1.54, 1.807) is 5.12 Å². The molecule has 1 aliphatic heterocycles. The monoisotopic (exact) mass is 133 g/mol. The van der Waals surface area contributed by atoms with Gasteiger partial charge in [-0.15, -0.1) is 0 Å². The Balaban J connectivity index is 2.32. The van der Waals surface area contributed by atoms with Crippen LogP contribution in [0.15, 0.2) is 5.10 Å². The summed E-state index contributed by atoms with van der Waals surface area (Å²) in [4.78, 5) is 0. The summed E-state index contributed by atoms with van der Waals surface area (Å²) in [5, 5.41) is 5.52. The largest absolute Gasteiger partial charge is 0.216 e. The van der Waals surface area contributed by atoms with Crippen LogP contribution in [0.3, 0.4) is 0 Å². The third kappa shape index (κ3) is 1.35. The minimum Gasteiger partial charge on any atom is -0.216 e. The number of halogens is 1. The molecule has 1 aliphatic rings. The Morgan fingerprint density at radius 3 is 3.12 bits per heavy atom. The summed E-state index contributed by atoms with van der Waals surface area (Å²) in [6, 6.07) is 0.413. The highest BCUT2D eigenvalue weighted by Gasteiger charge is 1.98. The third-order valence-corrected chi connectivity index (χ3v) is 1.13. The van der Waals surface area contributed by atoms with Crippen molar-refractivity contribution in [2.24, 2.45) is 5.10 Å². The number of nitrogens with zero attached hydrogens (tertiary/aromatic N) is 2. The van der Waals surface area contributed by atoms with Gasteiger partial charge in [-0.3, -0.25) is 0 Å². The standard InChI is InChI=1S/C4H8ClN3/c5-4-8-6-2-1-3-7-8/h2,7H,1,3-4H2. The molecule has 0 spiro atoms. The van der Waals surface area contributed by atoms with Crippen LogP contribution in [0.2, 0.25) is 0 Å². The number of hydrazone groups is 1. The zero-order valence-electron chi connectivity index (χ0n) is 4.47. The minimum absolute atomic E-state index is 0.413. The summed E-state index contributed by atoms with van der Waals surface area (Å²) in [6.07, 6.45) is 2.84. The van der Waals surface area contributed by atoms with E-state index in [-0.39, 0.29) is 0 Å². The second-order valence-electron chi connectivity index (χ2n) is 1.51. The SMILES string of the molecule is ClCN1N=CCCN1. The first-order valence-corrected chi connectivity index (χ1v) is 3.06. The fourth-order valence-electron chi connectivity index (χ4n) is 0.528. The van der Waals surface area contributed by atoms with E-state index >= 15 is 0 Å². The number of hydrazine groups is 1. The van der Waals surface area contributed by atoms with Gasteiger partial charge in [0.25, 0.3) is 0 Å². The highest BCUT2D eigenvalue weighted by Crippen LogP contribution is 1.91. The lowest BCUT2D eigenvalue weighted by atomic mass is 10.5. The molecule has 1 heterocycles. The number of alkyl halides is 1. The van der Waals surface area contributed by atoms with E-state index < -0.39 is 0 Å². The highest BCUT2D eigenvalue weighted by atomic mass is 35.5. The summed E-state index contributed by atoms with van der Waals surface area (Å²) in [5.41, 5.74) is 2.97. The number of nitrogens with one attached hydrogen (secondary N) is 1. The topological polar surface area (TPSA) is 27.6 Å². The molecule has 3 nitrogen and oxygen atoms in total. The molecule has 0 aromatic carbocycles. The lowest BCUT2D eigenvalue weighted by Crippen LogP contribution is -2.36. The van der Waals surface area contributed by atoms with Gasteiger partial charge in [0, 0.05) is 12.8 Å². The molecule has 46 valence electrons. The number of rotatable bonds is 1. The molecule has 8 heavy (non-hydrogen) atoms. The van der Waals surface area contributed by atoms with Gasteiger partial charge in [-0.25, -0.2) is 10.5 Å². The first-order valence-electron chi connectivity index (χ1n) is 2.53. The van der Waals surface area contributed by atoms with Gasteiger partial charge < -0.3 is 0 Å². The van der Waals surface area contributed by atoms with Crippen molar-refractivity contribution in [1.29, 1.82) is 0 Å². The molecule has 0 saturated heterocycles. The first-order chi connectivity index (χ1) is 3.93. The van der Waals surface area contributed by atoms with Gasteiger partial charge >= 0.3 is 0 Å². The van der Waals surface area contributed by atoms with Crippen molar-refractivity contribution >= 4 is 17.8 Å². The molecule has 4 heteroatoms. The van der Waals surface area contributed by atoms with Crippen molar-refractivity contribution in [3.05, 3.63) is 0 Å². The van der Waals surface area contributed by atoms with Gasteiger partial charge in [-0.1, -0.05) is 11.6 Å². The average molecular weight is 134 g/mol. The van der Waals surface area contributed by atoms with Crippen LogP contribution in [0, 0.1) is 0 Å². The Hall–Kier alpha value is -0.280. The summed E-state index contributed by atoms with van der Waals surface area (Å²) >= 11 is 5.43. The molecule has 1 rings (SSSR count). The van der Waals surface area contributed by atoms with Crippen LogP contribution in [0.5, 0.6) is 0 Å². The van der Waals surface area contributed by atoms with Crippen LogP contribution in [0.4, 0.5) is 0 Å². The third-order valence-electron chi connectivity index (χ3n) is 0.902. The maximum absolute atomic E-state index is 5.43. The van der Waals surface area contributed by atoms with Gasteiger partial charge in [0.15, 0.2) is 0 Å². The molecule has 0 fully saturated rings. The van der Waals surface area contributed by atoms with E-state index in [1.165, 1.54) is 0 Å². The van der Waals surface area contributed by atoms with Crippen molar-refractivity contribution in [3.8, 4) is 0 Å². The quantitative estimate of drug-likeness (QED) is 0.414. The Morgan fingerprint density at radius 1 is 1.88 bits per heavy atom. The van der Waals surface area contributed by atoms with Gasteiger partial charge in [-0.2, -0.15) is 5.10 Å². The Kier molecular flexibility index (Phi) is 2.11. The predicted octanol–water partition coefficient (Wildman–Crippen LogP) is 0.379. The zero-order chi connectivity index (χ0) is 5.82. The molecular weight excluding hydrogens is 126 g/mol. The lowest BCUT2D eigenvalue weighted by Gasteiger charge is -2.19. The molecule has 0 atom stereocenters. The van der Waals surface area contributed by atoms with Crippen LogP contribution in [-0.4, -0.2) is 23.9 Å². The summed E-state index contributed by atoms with van der Waals surface area (Å²) in [7, 11) is 0. The van der Waals surface area contributed by atoms with Crippen molar-refractivity contribution in [1.82, 2.24) is 10.5 Å². The average Bonchev–Trinajstić information content (AvgIpc) is 1.90. The molecule has 0 amide bonds. The molecule has 0 aromatic heterocycles. The van der Waals surface area contributed by atoms with E-state index in [0.717, 1.165) is 13.0 Å². The molecule has 0 saturated carbocycles. The fourth-order valence-corrected chi connectivity index (χ4v) is 0.675. The Morgan fingerprint density at radius 2 is 2.75 bits per heavy atom. The summed E-state index contributed by atoms with van der Waals surface area (Å²) in [5.74, 6) is 0. The van der Waals surface area contributed by atoms with Gasteiger partial charge in [-0.05, 0) is 6.42 Å². The normalized spacial score (nSPS) is 19.4. The van der Waals surface area contributed by atoms with E-state index in [9.17, 15) is 0 Å². The first kappa shape index (κ1) is 5.85. The van der Waals surface area contributed by atoms with Gasteiger partial charge in [0.2, 0.25) is 0 Å². The fraction of sp³-hybridized carbons (Fsp3) is 0.750.